The van der Waals surface area contributed by atoms with Gasteiger partial charge in [0, 0.05) is 23.4 Å². The molecule has 246 valence electrons. The van der Waals surface area contributed by atoms with E-state index in [1.54, 1.807) is 24.8 Å². The molecule has 0 radical (unpaired) electrons. The van der Waals surface area contributed by atoms with E-state index >= 15 is 0 Å². The lowest BCUT2D eigenvalue weighted by Gasteiger charge is -2.03. The van der Waals surface area contributed by atoms with Crippen LogP contribution in [0.15, 0.2) is 87.4 Å². The summed E-state index contributed by atoms with van der Waals surface area (Å²) in [5.74, 6) is -0.190. The monoisotopic (exact) mass is 649 g/mol. The molecule has 1 aromatic carbocycles. The molecule has 3 aromatic rings. The minimum Gasteiger partial charge on any atom is -0.470 e. The maximum atomic E-state index is 12.1. The Morgan fingerprint density at radius 3 is 2.07 bits per heavy atom. The van der Waals surface area contributed by atoms with Gasteiger partial charge in [0.25, 0.3) is 11.8 Å². The van der Waals surface area contributed by atoms with Crippen molar-refractivity contribution in [3.8, 4) is 0 Å². The molecule has 2 fully saturated rings. The van der Waals surface area contributed by atoms with E-state index in [1.807, 2.05) is 77.1 Å². The molecule has 2 aliphatic rings. The molecule has 4 unspecified atom stereocenters. The van der Waals surface area contributed by atoms with Crippen molar-refractivity contribution in [2.75, 3.05) is 0 Å². The first-order valence-corrected chi connectivity index (χ1v) is 15.2. The lowest BCUT2D eigenvalue weighted by Crippen LogP contribution is -2.25. The summed E-state index contributed by atoms with van der Waals surface area (Å²) in [6.07, 6.45) is 8.73. The highest BCUT2D eigenvalue weighted by atomic mass is 35.5. The highest BCUT2D eigenvalue weighted by Crippen LogP contribution is 2.66. The fraction of sp³-hybridized carbons (Fsp3) is 0.382. The van der Waals surface area contributed by atoms with Crippen LogP contribution in [0.4, 0.5) is 0 Å². The molecule has 46 heavy (non-hydrogen) atoms. The average Bonchev–Trinajstić information content (AvgIpc) is 3.62. The second-order valence-electron chi connectivity index (χ2n) is 12.4. The number of guanidine groups is 2. The molecule has 2 heterocycles. The van der Waals surface area contributed by atoms with Crippen LogP contribution >= 0.6 is 11.6 Å². The van der Waals surface area contributed by atoms with Crippen molar-refractivity contribution in [3.63, 3.8) is 0 Å². The topological polar surface area (TPSA) is 198 Å². The molecule has 0 bridgehead atoms. The van der Waals surface area contributed by atoms with Gasteiger partial charge >= 0.3 is 0 Å². The Balaban J connectivity index is 0.000000205. The first kappa shape index (κ1) is 35.8. The zero-order chi connectivity index (χ0) is 34.4. The van der Waals surface area contributed by atoms with E-state index in [-0.39, 0.29) is 58.2 Å². The molecule has 0 saturated heterocycles. The molecule has 2 aromatic heterocycles. The first-order valence-electron chi connectivity index (χ1n) is 14.8. The number of rotatable bonds is 6. The molecular formula is C34H44ClN7O4. The second-order valence-corrected chi connectivity index (χ2v) is 12.8. The maximum absolute atomic E-state index is 12.1. The highest BCUT2D eigenvalue weighted by molar-refractivity contribution is 6.29. The van der Waals surface area contributed by atoms with Crippen LogP contribution in [0.1, 0.15) is 71.4 Å². The average molecular weight is 650 g/mol. The summed E-state index contributed by atoms with van der Waals surface area (Å²) in [6.45, 7) is 13.9. The van der Waals surface area contributed by atoms with Crippen molar-refractivity contribution in [3.05, 3.63) is 89.3 Å². The molecule has 2 aliphatic carbocycles. The van der Waals surface area contributed by atoms with Gasteiger partial charge in [-0.3, -0.25) is 9.59 Å². The quantitative estimate of drug-likeness (QED) is 0.112. The number of carbonyl (C=O) groups excluding carboxylic acids is 2. The minimum absolute atomic E-state index is 0.0774. The van der Waals surface area contributed by atoms with Gasteiger partial charge in [0.1, 0.15) is 10.7 Å². The van der Waals surface area contributed by atoms with E-state index in [0.29, 0.717) is 5.15 Å². The van der Waals surface area contributed by atoms with Gasteiger partial charge in [0.05, 0.1) is 30.1 Å². The van der Waals surface area contributed by atoms with E-state index in [9.17, 15) is 9.59 Å². The number of fused-ring (bicyclic) bond motifs is 1. The Kier molecular flexibility index (Phi) is 11.4. The van der Waals surface area contributed by atoms with Crippen LogP contribution in [0.25, 0.3) is 11.0 Å². The summed E-state index contributed by atoms with van der Waals surface area (Å²) in [7, 11) is 0. The van der Waals surface area contributed by atoms with Gasteiger partial charge in [-0.2, -0.15) is 9.98 Å². The van der Waals surface area contributed by atoms with Crippen LogP contribution in [0, 0.1) is 22.7 Å². The third-order valence-electron chi connectivity index (χ3n) is 8.44. The Hall–Kier alpha value is -4.64. The van der Waals surface area contributed by atoms with Crippen molar-refractivity contribution in [1.29, 1.82) is 0 Å². The number of benzene rings is 1. The summed E-state index contributed by atoms with van der Waals surface area (Å²) in [6, 6.07) is 11.5. The van der Waals surface area contributed by atoms with Crippen LogP contribution in [-0.2, 0) is 14.3 Å². The Morgan fingerprint density at radius 2 is 1.52 bits per heavy atom. The number of ether oxygens (including phenoxy) is 1. The summed E-state index contributed by atoms with van der Waals surface area (Å²) >= 11 is 5.86. The van der Waals surface area contributed by atoms with Crippen molar-refractivity contribution in [2.24, 2.45) is 55.6 Å². The number of allylic oxidation sites excluding steroid dienone is 3. The normalized spacial score (nSPS) is 22.0. The Morgan fingerprint density at radius 1 is 0.935 bits per heavy atom. The summed E-state index contributed by atoms with van der Waals surface area (Å²) in [5, 5.41) is 1.47. The number of nitrogens with two attached hydrogens (primary N) is 4. The van der Waals surface area contributed by atoms with Crippen LogP contribution in [0.5, 0.6) is 0 Å². The Bertz CT molecular complexity index is 1680. The van der Waals surface area contributed by atoms with Crippen molar-refractivity contribution >= 4 is 46.3 Å². The number of nitrogens with zero attached hydrogens (tertiary/aromatic N) is 3. The van der Waals surface area contributed by atoms with Crippen molar-refractivity contribution in [2.45, 2.75) is 60.3 Å². The molecule has 12 heteroatoms. The zero-order valence-corrected chi connectivity index (χ0v) is 28.1. The van der Waals surface area contributed by atoms with E-state index < -0.39 is 0 Å². The summed E-state index contributed by atoms with van der Waals surface area (Å²) in [5.41, 5.74) is 23.7. The predicted molar refractivity (Wildman–Crippen MR) is 182 cm³/mol. The predicted octanol–water partition coefficient (Wildman–Crippen LogP) is 5.71. The number of halogens is 1. The number of carbonyl (C=O) groups is 2. The molecule has 5 rings (SSSR count). The van der Waals surface area contributed by atoms with Gasteiger partial charge in [-0.05, 0) is 73.1 Å². The van der Waals surface area contributed by atoms with E-state index in [2.05, 4.69) is 28.8 Å². The highest BCUT2D eigenvalue weighted by Gasteiger charge is 2.63. The molecule has 0 spiro atoms. The number of hydrogen-bond donors (Lipinski definition) is 4. The fourth-order valence-corrected chi connectivity index (χ4v) is 6.12. The summed E-state index contributed by atoms with van der Waals surface area (Å²) < 4.78 is 10.4. The maximum Gasteiger partial charge on any atom is 0.253 e. The number of hydrogen-bond acceptors (Lipinski definition) is 5. The number of aromatic nitrogens is 1. The molecule has 2 saturated carbocycles. The Labute approximate surface area is 274 Å². The van der Waals surface area contributed by atoms with Gasteiger partial charge < -0.3 is 32.1 Å². The van der Waals surface area contributed by atoms with Gasteiger partial charge in [-0.15, -0.1) is 0 Å². The molecule has 4 atom stereocenters. The zero-order valence-electron chi connectivity index (χ0n) is 27.3. The lowest BCUT2D eigenvalue weighted by molar-refractivity contribution is -0.120. The lowest BCUT2D eigenvalue weighted by atomic mass is 10.0. The molecule has 11 nitrogen and oxygen atoms in total. The number of furan rings is 1. The third kappa shape index (κ3) is 8.33. The smallest absolute Gasteiger partial charge is 0.253 e. The largest absolute Gasteiger partial charge is 0.470 e. The van der Waals surface area contributed by atoms with Gasteiger partial charge in [-0.25, -0.2) is 4.98 Å². The second kappa shape index (κ2) is 14.6. The van der Waals surface area contributed by atoms with Gasteiger partial charge in [0.15, 0.2) is 11.9 Å². The van der Waals surface area contributed by atoms with E-state index in [1.165, 1.54) is 0 Å². The number of amides is 2. The first-order chi connectivity index (χ1) is 21.6. The summed E-state index contributed by atoms with van der Waals surface area (Å²) in [4.78, 5) is 35.3. The van der Waals surface area contributed by atoms with Gasteiger partial charge in [-0.1, -0.05) is 57.5 Å². The van der Waals surface area contributed by atoms with Crippen molar-refractivity contribution in [1.82, 2.24) is 4.98 Å². The third-order valence-corrected chi connectivity index (χ3v) is 8.64. The SMILES string of the molecule is C/C=C\O/C(C)=C/C.CC1(C)C(C(=O)N=C(N)N)C1c1cccc2occc12.CC1(C)C(C(=O)N=C(N)N)C1c1ccnc(Cl)c1. The van der Waals surface area contributed by atoms with Crippen molar-refractivity contribution < 1.29 is 18.7 Å². The van der Waals surface area contributed by atoms with Crippen LogP contribution in [-0.4, -0.2) is 28.7 Å². The minimum atomic E-state index is -0.280. The van der Waals surface area contributed by atoms with Crippen LogP contribution in [0.2, 0.25) is 5.15 Å². The molecule has 0 aliphatic heterocycles. The van der Waals surface area contributed by atoms with Crippen LogP contribution < -0.4 is 22.9 Å². The standard InChI is InChI=1S/C15H17N3O2.C12H15ClN4O.C7H12O/c1-15(2)11(12(15)13(19)18-14(16)17)9-4-3-5-10-8(9)6-7-20-10;1-12(2)8(6-3-4-16-7(13)5-6)9(12)10(18)17-11(14)15;1-4-6-8-7(3)5-2/h3-7,11-12H,1-2H3,(H4,16,17,18,19);3-5,8-9H,1-2H3,(H4,14,15,17,18);4-6H,1-3H3/b;;6-4-,7-5+. The molecule has 8 N–H and O–H groups in total. The van der Waals surface area contributed by atoms with E-state index in [4.69, 9.17) is 43.7 Å². The molecular weight excluding hydrogens is 606 g/mol. The van der Waals surface area contributed by atoms with Gasteiger partial charge in [0.2, 0.25) is 0 Å². The fourth-order valence-electron chi connectivity index (χ4n) is 5.94. The number of aliphatic imine (C=N–C) groups is 2. The molecule has 2 amide bonds. The number of pyridine rings is 1. The van der Waals surface area contributed by atoms with Crippen LogP contribution in [0.3, 0.4) is 0 Å². The van der Waals surface area contributed by atoms with E-state index in [0.717, 1.165) is 27.9 Å².